The first kappa shape index (κ1) is 15.6. The molecule has 0 spiro atoms. The molecular weight excluding hydrogens is 394 g/mol. The van der Waals surface area contributed by atoms with Gasteiger partial charge in [-0.3, -0.25) is 0 Å². The molecule has 1 N–H and O–H groups in total. The largest absolute Gasteiger partial charge is 0.358 e. The molecule has 3 aromatic rings. The maximum atomic E-state index is 6.58. The van der Waals surface area contributed by atoms with Crippen LogP contribution >= 0.6 is 58.6 Å². The minimum Gasteiger partial charge on any atom is -0.358 e. The Morgan fingerprint density at radius 3 is 1.67 bits per heavy atom. The van der Waals surface area contributed by atoms with Crippen LogP contribution in [0.15, 0.2) is 74.2 Å². The zero-order chi connectivity index (χ0) is 16.1. The molecule has 24 heavy (non-hydrogen) atoms. The van der Waals surface area contributed by atoms with E-state index in [1.54, 1.807) is 0 Å². The van der Waals surface area contributed by atoms with Crippen LogP contribution in [0.2, 0.25) is 5.02 Å². The van der Waals surface area contributed by atoms with E-state index in [1.165, 1.54) is 25.3 Å². The summed E-state index contributed by atoms with van der Waals surface area (Å²) in [4.78, 5) is 9.02. The van der Waals surface area contributed by atoms with Crippen molar-refractivity contribution in [2.45, 2.75) is 28.7 Å². The second kappa shape index (κ2) is 6.29. The highest BCUT2D eigenvalue weighted by molar-refractivity contribution is 8.19. The Bertz CT molecular complexity index is 873. The fraction of sp³-hybridized carbons (Fsp3) is 0.111. The van der Waals surface area contributed by atoms with Gasteiger partial charge in [-0.15, -0.1) is 47.0 Å². The standard InChI is InChI=1S/C18H12ClNS4/c19-10-9-11(17-21-12-5-1-2-6-13(12)22-17)20-16(10)18-23-14-7-3-4-8-15(14)24-18/h1-9,17-18,20H. The van der Waals surface area contributed by atoms with Gasteiger partial charge in [-0.05, 0) is 30.3 Å². The molecule has 0 radical (unpaired) electrons. The third-order valence-corrected chi connectivity index (χ3v) is 9.94. The summed E-state index contributed by atoms with van der Waals surface area (Å²) in [7, 11) is 0. The SMILES string of the molecule is Clc1cc(C2Sc3ccccc3S2)[nH]c1C1Sc2ccccc2S1. The molecule has 1 nitrogen and oxygen atoms in total. The number of hydrogen-bond donors (Lipinski definition) is 1. The normalized spacial score (nSPS) is 17.2. The molecule has 0 saturated carbocycles. The van der Waals surface area contributed by atoms with Crippen LogP contribution in [0.5, 0.6) is 0 Å². The van der Waals surface area contributed by atoms with E-state index in [9.17, 15) is 0 Å². The van der Waals surface area contributed by atoms with E-state index in [2.05, 4.69) is 59.6 Å². The van der Waals surface area contributed by atoms with E-state index in [-0.39, 0.29) is 0 Å². The number of aromatic amines is 1. The lowest BCUT2D eigenvalue weighted by molar-refractivity contribution is 1.14. The van der Waals surface area contributed by atoms with Crippen LogP contribution in [-0.2, 0) is 0 Å². The van der Waals surface area contributed by atoms with E-state index < -0.39 is 0 Å². The third kappa shape index (κ3) is 2.71. The number of nitrogens with one attached hydrogen (secondary N) is 1. The van der Waals surface area contributed by atoms with Gasteiger partial charge in [-0.25, -0.2) is 0 Å². The number of thioether (sulfide) groups is 4. The summed E-state index contributed by atoms with van der Waals surface area (Å²) in [5.74, 6) is 0. The number of halogens is 1. The van der Waals surface area contributed by atoms with Crippen molar-refractivity contribution < 1.29 is 0 Å². The average Bonchev–Trinajstić information content (AvgIpc) is 3.29. The summed E-state index contributed by atoms with van der Waals surface area (Å²) in [5.41, 5.74) is 2.34. The Morgan fingerprint density at radius 2 is 1.17 bits per heavy atom. The van der Waals surface area contributed by atoms with Crippen molar-refractivity contribution in [1.29, 1.82) is 0 Å². The highest BCUT2D eigenvalue weighted by atomic mass is 35.5. The molecule has 2 aromatic carbocycles. The first-order valence-electron chi connectivity index (χ1n) is 7.51. The second-order valence-corrected chi connectivity index (χ2v) is 11.1. The van der Waals surface area contributed by atoms with E-state index in [1.807, 2.05) is 47.0 Å². The molecule has 0 bridgehead atoms. The molecule has 0 amide bonds. The van der Waals surface area contributed by atoms with Gasteiger partial charge in [0.2, 0.25) is 0 Å². The fourth-order valence-corrected chi connectivity index (χ4v) is 8.82. The number of benzene rings is 2. The summed E-state index contributed by atoms with van der Waals surface area (Å²) in [5, 5.41) is 0.847. The van der Waals surface area contributed by atoms with Crippen molar-refractivity contribution >= 4 is 58.6 Å². The fourth-order valence-electron chi connectivity index (χ4n) is 2.81. The third-order valence-electron chi connectivity index (χ3n) is 3.94. The second-order valence-electron chi connectivity index (χ2n) is 5.52. The van der Waals surface area contributed by atoms with Crippen LogP contribution in [0.1, 0.15) is 20.6 Å². The summed E-state index contributed by atoms with van der Waals surface area (Å²) in [6.07, 6.45) is 0. The van der Waals surface area contributed by atoms with E-state index >= 15 is 0 Å². The molecule has 2 aliphatic heterocycles. The zero-order valence-corrected chi connectivity index (χ0v) is 16.4. The van der Waals surface area contributed by atoms with Crippen molar-refractivity contribution in [3.05, 3.63) is 71.0 Å². The summed E-state index contributed by atoms with van der Waals surface area (Å²) >= 11 is 14.1. The maximum absolute atomic E-state index is 6.58. The molecule has 0 aliphatic carbocycles. The molecule has 6 heteroatoms. The van der Waals surface area contributed by atoms with Gasteiger partial charge in [-0.2, -0.15) is 0 Å². The van der Waals surface area contributed by atoms with E-state index in [0.29, 0.717) is 9.16 Å². The van der Waals surface area contributed by atoms with Gasteiger partial charge in [0.25, 0.3) is 0 Å². The molecule has 0 atom stereocenters. The minimum absolute atomic E-state index is 0.308. The molecule has 1 aromatic heterocycles. The monoisotopic (exact) mass is 405 g/mol. The van der Waals surface area contributed by atoms with Gasteiger partial charge in [0, 0.05) is 25.3 Å². The number of aromatic nitrogens is 1. The lowest BCUT2D eigenvalue weighted by Gasteiger charge is -2.08. The van der Waals surface area contributed by atoms with Crippen LogP contribution in [-0.4, -0.2) is 4.98 Å². The molecule has 0 saturated heterocycles. The van der Waals surface area contributed by atoms with Crippen molar-refractivity contribution in [2.75, 3.05) is 0 Å². The number of fused-ring (bicyclic) bond motifs is 2. The quantitative estimate of drug-likeness (QED) is 0.475. The van der Waals surface area contributed by atoms with E-state index in [4.69, 9.17) is 11.6 Å². The van der Waals surface area contributed by atoms with Crippen LogP contribution in [0.4, 0.5) is 0 Å². The topological polar surface area (TPSA) is 15.8 Å². The smallest absolute Gasteiger partial charge is 0.101 e. The summed E-state index contributed by atoms with van der Waals surface area (Å²) < 4.78 is 0.662. The number of H-pyrrole nitrogens is 1. The zero-order valence-electron chi connectivity index (χ0n) is 12.4. The predicted molar refractivity (Wildman–Crippen MR) is 108 cm³/mol. The lowest BCUT2D eigenvalue weighted by atomic mass is 10.4. The Hall–Kier alpha value is -0.590. The number of rotatable bonds is 2. The highest BCUT2D eigenvalue weighted by Gasteiger charge is 2.31. The number of hydrogen-bond acceptors (Lipinski definition) is 4. The van der Waals surface area contributed by atoms with Crippen LogP contribution in [0.25, 0.3) is 0 Å². The maximum Gasteiger partial charge on any atom is 0.101 e. The molecule has 0 unspecified atom stereocenters. The Balaban J connectivity index is 1.41. The Kier molecular flexibility index (Phi) is 4.10. The first-order valence-corrected chi connectivity index (χ1v) is 11.4. The first-order chi connectivity index (χ1) is 11.8. The van der Waals surface area contributed by atoms with Gasteiger partial charge in [0.1, 0.15) is 4.58 Å². The van der Waals surface area contributed by atoms with Crippen molar-refractivity contribution in [1.82, 2.24) is 4.98 Å². The van der Waals surface area contributed by atoms with Crippen LogP contribution < -0.4 is 0 Å². The molecule has 3 heterocycles. The average molecular weight is 406 g/mol. The van der Waals surface area contributed by atoms with Gasteiger partial charge in [-0.1, -0.05) is 35.9 Å². The van der Waals surface area contributed by atoms with Crippen molar-refractivity contribution in [3.8, 4) is 0 Å². The van der Waals surface area contributed by atoms with Crippen LogP contribution in [0.3, 0.4) is 0 Å². The predicted octanol–water partition coefficient (Wildman–Crippen LogP) is 7.46. The molecule has 0 fully saturated rings. The Labute approximate surface area is 162 Å². The van der Waals surface area contributed by atoms with Gasteiger partial charge >= 0.3 is 0 Å². The molecule has 2 aliphatic rings. The summed E-state index contributed by atoms with van der Waals surface area (Å²) in [6, 6.07) is 19.3. The molecule has 5 rings (SSSR count). The van der Waals surface area contributed by atoms with Gasteiger partial charge < -0.3 is 4.98 Å². The van der Waals surface area contributed by atoms with Crippen LogP contribution in [0, 0.1) is 0 Å². The van der Waals surface area contributed by atoms with Crippen molar-refractivity contribution in [2.24, 2.45) is 0 Å². The van der Waals surface area contributed by atoms with E-state index in [0.717, 1.165) is 10.7 Å². The lowest BCUT2D eigenvalue weighted by Crippen LogP contribution is -1.89. The Morgan fingerprint density at radius 1 is 0.708 bits per heavy atom. The van der Waals surface area contributed by atoms with Gasteiger partial charge in [0.15, 0.2) is 0 Å². The summed E-state index contributed by atoms with van der Waals surface area (Å²) in [6.45, 7) is 0. The molecular formula is C18H12ClNS4. The van der Waals surface area contributed by atoms with Crippen molar-refractivity contribution in [3.63, 3.8) is 0 Å². The highest BCUT2D eigenvalue weighted by Crippen LogP contribution is 2.60. The molecule has 120 valence electrons. The van der Waals surface area contributed by atoms with Gasteiger partial charge in [0.05, 0.1) is 15.3 Å². The minimum atomic E-state index is 0.308.